The number of nitrogens with zero attached hydrogens (tertiary/aromatic N) is 1. The number of pyridine rings is 1. The molecule has 218 valence electrons. The van der Waals surface area contributed by atoms with Crippen LogP contribution >= 0.6 is 0 Å². The van der Waals surface area contributed by atoms with Gasteiger partial charge in [0.05, 0.1) is 13.2 Å². The van der Waals surface area contributed by atoms with Crippen LogP contribution in [0.4, 0.5) is 0 Å². The molecule has 2 heterocycles. The summed E-state index contributed by atoms with van der Waals surface area (Å²) in [5.74, 6) is 1.81. The molecule has 5 aromatic rings. The van der Waals surface area contributed by atoms with Gasteiger partial charge in [-0.1, -0.05) is 61.6 Å². The van der Waals surface area contributed by atoms with E-state index >= 15 is 0 Å². The summed E-state index contributed by atoms with van der Waals surface area (Å²) >= 11 is 0. The third kappa shape index (κ3) is 7.72. The van der Waals surface area contributed by atoms with E-state index in [2.05, 4.69) is 133 Å². The molecule has 4 nitrogen and oxygen atoms in total. The van der Waals surface area contributed by atoms with E-state index in [-0.39, 0.29) is 0 Å². The van der Waals surface area contributed by atoms with Crippen molar-refractivity contribution in [2.75, 3.05) is 13.2 Å². The third-order valence-corrected chi connectivity index (χ3v) is 7.43. The number of aromatic amines is 1. The molecule has 0 amide bonds. The van der Waals surface area contributed by atoms with Crippen LogP contribution < -0.4 is 14.0 Å². The van der Waals surface area contributed by atoms with Gasteiger partial charge in [0.25, 0.3) is 0 Å². The highest BCUT2D eigenvalue weighted by Gasteiger charge is 2.12. The second kappa shape index (κ2) is 14.9. The summed E-state index contributed by atoms with van der Waals surface area (Å²) in [6.45, 7) is 12.2. The Kier molecular flexibility index (Phi) is 10.3. The minimum atomic E-state index is 0.637. The molecule has 4 heteroatoms. The number of H-pyrrole nitrogens is 1. The topological polar surface area (TPSA) is 38.1 Å². The zero-order valence-corrected chi connectivity index (χ0v) is 25.1. The standard InChI is InChI=1S/C39H40N2O2/c1-4-10-31-15-18-39(42-25-6-3)36(27-31)32-17-19-38(33(28-32)11-5-2)43-26-9-22-41-23-20-30(21-24-41)14-16-34-29-40-37-13-8-7-12-35(34)37/h4-5,7-8,12-21,23-24,27-29H,1-2,6,9-11,22,25-26H2,3H3/p+1. The normalized spacial score (nSPS) is 11.2. The summed E-state index contributed by atoms with van der Waals surface area (Å²) in [4.78, 5) is 3.33. The number of ether oxygens (including phenoxy) is 2. The lowest BCUT2D eigenvalue weighted by Gasteiger charge is -2.16. The summed E-state index contributed by atoms with van der Waals surface area (Å²) in [7, 11) is 0. The molecule has 1 N–H and O–H groups in total. The maximum atomic E-state index is 6.28. The fourth-order valence-corrected chi connectivity index (χ4v) is 5.21. The van der Waals surface area contributed by atoms with Gasteiger partial charge < -0.3 is 14.5 Å². The van der Waals surface area contributed by atoms with Gasteiger partial charge in [-0.2, -0.15) is 0 Å². The highest BCUT2D eigenvalue weighted by Crippen LogP contribution is 2.35. The molecule has 0 radical (unpaired) electrons. The van der Waals surface area contributed by atoms with Crippen molar-refractivity contribution < 1.29 is 14.0 Å². The molecule has 0 saturated heterocycles. The van der Waals surface area contributed by atoms with E-state index in [1.165, 1.54) is 22.1 Å². The quantitative estimate of drug-likeness (QED) is 0.0776. The van der Waals surface area contributed by atoms with E-state index in [1.807, 2.05) is 12.2 Å². The van der Waals surface area contributed by atoms with Crippen LogP contribution in [0, 0.1) is 0 Å². The fourth-order valence-electron chi connectivity index (χ4n) is 5.21. The lowest BCUT2D eigenvalue weighted by Crippen LogP contribution is -2.33. The van der Waals surface area contributed by atoms with Crippen LogP contribution in [0.1, 0.15) is 42.0 Å². The van der Waals surface area contributed by atoms with Crippen LogP contribution in [0.15, 0.2) is 117 Å². The average molecular weight is 570 g/mol. The summed E-state index contributed by atoms with van der Waals surface area (Å²) in [6.07, 6.45) is 17.9. The van der Waals surface area contributed by atoms with Crippen molar-refractivity contribution in [2.45, 2.75) is 39.2 Å². The van der Waals surface area contributed by atoms with Crippen LogP contribution in [0.25, 0.3) is 34.2 Å². The second-order valence-electron chi connectivity index (χ2n) is 10.7. The molecule has 0 unspecified atom stereocenters. The summed E-state index contributed by atoms with van der Waals surface area (Å²) in [5.41, 5.74) is 8.08. The number of hydrogen-bond donors (Lipinski definition) is 1. The van der Waals surface area contributed by atoms with Crippen molar-refractivity contribution in [3.05, 3.63) is 139 Å². The molecule has 0 saturated carbocycles. The minimum absolute atomic E-state index is 0.637. The van der Waals surface area contributed by atoms with Crippen molar-refractivity contribution in [2.24, 2.45) is 0 Å². The molecule has 0 atom stereocenters. The number of aryl methyl sites for hydroxylation is 1. The van der Waals surface area contributed by atoms with E-state index in [0.29, 0.717) is 13.2 Å². The number of para-hydroxylation sites is 1. The summed E-state index contributed by atoms with van der Waals surface area (Å²) in [6, 6.07) is 25.5. The average Bonchev–Trinajstić information content (AvgIpc) is 3.46. The number of allylic oxidation sites excluding steroid dienone is 2. The first-order valence-corrected chi connectivity index (χ1v) is 15.2. The first-order valence-electron chi connectivity index (χ1n) is 15.2. The van der Waals surface area contributed by atoms with Crippen molar-refractivity contribution in [3.8, 4) is 22.6 Å². The molecule has 0 fully saturated rings. The Morgan fingerprint density at radius 1 is 0.814 bits per heavy atom. The zero-order valence-electron chi connectivity index (χ0n) is 25.1. The number of hydrogen-bond acceptors (Lipinski definition) is 2. The van der Waals surface area contributed by atoms with Crippen molar-refractivity contribution in [3.63, 3.8) is 0 Å². The Morgan fingerprint density at radius 3 is 2.42 bits per heavy atom. The molecule has 0 aliphatic carbocycles. The Bertz CT molecular complexity index is 1690. The van der Waals surface area contributed by atoms with Crippen molar-refractivity contribution in [1.82, 2.24) is 4.98 Å². The lowest BCUT2D eigenvalue weighted by molar-refractivity contribution is -0.697. The van der Waals surface area contributed by atoms with Gasteiger partial charge in [-0.25, -0.2) is 4.57 Å². The zero-order chi connectivity index (χ0) is 29.9. The van der Waals surface area contributed by atoms with E-state index in [9.17, 15) is 0 Å². The number of rotatable bonds is 15. The largest absolute Gasteiger partial charge is 0.493 e. The summed E-state index contributed by atoms with van der Waals surface area (Å²) in [5, 5.41) is 1.24. The molecule has 2 aromatic heterocycles. The maximum absolute atomic E-state index is 6.28. The number of nitrogens with one attached hydrogen (secondary N) is 1. The van der Waals surface area contributed by atoms with Gasteiger partial charge in [-0.05, 0) is 77.4 Å². The van der Waals surface area contributed by atoms with Crippen LogP contribution in [0.2, 0.25) is 0 Å². The van der Waals surface area contributed by atoms with E-state index in [4.69, 9.17) is 9.47 Å². The molecule has 0 spiro atoms. The maximum Gasteiger partial charge on any atom is 0.169 e. The Morgan fingerprint density at radius 2 is 1.60 bits per heavy atom. The van der Waals surface area contributed by atoms with Gasteiger partial charge in [0.1, 0.15) is 11.5 Å². The Labute approximate surface area is 255 Å². The minimum Gasteiger partial charge on any atom is -0.493 e. The van der Waals surface area contributed by atoms with Gasteiger partial charge in [0.2, 0.25) is 0 Å². The lowest BCUT2D eigenvalue weighted by atomic mass is 9.97. The Balaban J connectivity index is 1.20. The first-order chi connectivity index (χ1) is 21.2. The number of benzene rings is 3. The fraction of sp³-hybridized carbons (Fsp3) is 0.205. The van der Waals surface area contributed by atoms with Crippen LogP contribution in [-0.2, 0) is 19.4 Å². The smallest absolute Gasteiger partial charge is 0.169 e. The van der Waals surface area contributed by atoms with E-state index in [1.54, 1.807) is 0 Å². The first kappa shape index (κ1) is 29.7. The molecule has 5 rings (SSSR count). The SMILES string of the molecule is C=CCc1ccc(OCCC)c(-c2ccc(OCCC[n+]3ccc(/C=C/c4c[nH]c5ccccc45)cc3)c(CC=C)c2)c1. The molecule has 43 heavy (non-hydrogen) atoms. The van der Waals surface area contributed by atoms with E-state index in [0.717, 1.165) is 65.9 Å². The second-order valence-corrected chi connectivity index (χ2v) is 10.7. The van der Waals surface area contributed by atoms with E-state index < -0.39 is 0 Å². The van der Waals surface area contributed by atoms with Gasteiger partial charge in [-0.3, -0.25) is 0 Å². The van der Waals surface area contributed by atoms with Crippen LogP contribution in [0.5, 0.6) is 11.5 Å². The highest BCUT2D eigenvalue weighted by atomic mass is 16.5. The highest BCUT2D eigenvalue weighted by molar-refractivity contribution is 5.91. The number of aromatic nitrogens is 2. The van der Waals surface area contributed by atoms with Gasteiger partial charge in [0.15, 0.2) is 18.9 Å². The van der Waals surface area contributed by atoms with Crippen molar-refractivity contribution in [1.29, 1.82) is 0 Å². The summed E-state index contributed by atoms with van der Waals surface area (Å²) < 4.78 is 14.6. The van der Waals surface area contributed by atoms with Gasteiger partial charge in [0, 0.05) is 41.2 Å². The molecule has 0 bridgehead atoms. The third-order valence-electron chi connectivity index (χ3n) is 7.43. The molecule has 3 aromatic carbocycles. The molecular weight excluding hydrogens is 528 g/mol. The number of fused-ring (bicyclic) bond motifs is 1. The molecule has 0 aliphatic heterocycles. The van der Waals surface area contributed by atoms with Crippen LogP contribution in [-0.4, -0.2) is 18.2 Å². The predicted octanol–water partition coefficient (Wildman–Crippen LogP) is 9.01. The van der Waals surface area contributed by atoms with Gasteiger partial charge in [-0.15, -0.1) is 13.2 Å². The molecule has 0 aliphatic rings. The molecular formula is C39H41N2O2+. The van der Waals surface area contributed by atoms with Gasteiger partial charge >= 0.3 is 0 Å². The van der Waals surface area contributed by atoms with Crippen molar-refractivity contribution >= 4 is 23.1 Å². The predicted molar refractivity (Wildman–Crippen MR) is 179 cm³/mol. The Hall–Kier alpha value is -4.83. The van der Waals surface area contributed by atoms with Crippen LogP contribution in [0.3, 0.4) is 0 Å². The monoisotopic (exact) mass is 569 g/mol.